The SMILES string of the molecule is CCSCC(O)COc1ccc(C(C)(C)c2ccc(OCCCCl)c(Cl)c2)cc1. The molecule has 0 aliphatic heterocycles. The maximum Gasteiger partial charge on any atom is 0.137 e. The Labute approximate surface area is 188 Å². The van der Waals surface area contributed by atoms with Gasteiger partial charge in [0.1, 0.15) is 18.1 Å². The van der Waals surface area contributed by atoms with Gasteiger partial charge >= 0.3 is 0 Å². The number of aliphatic hydroxyl groups is 1. The zero-order chi connectivity index (χ0) is 21.3. The second-order valence-electron chi connectivity index (χ2n) is 7.31. The number of thioether (sulfide) groups is 1. The van der Waals surface area contributed by atoms with Crippen LogP contribution in [-0.2, 0) is 5.41 Å². The summed E-state index contributed by atoms with van der Waals surface area (Å²) in [6, 6.07) is 13.9. The Morgan fingerprint density at radius 2 is 1.76 bits per heavy atom. The van der Waals surface area contributed by atoms with Crippen LogP contribution >= 0.6 is 35.0 Å². The highest BCUT2D eigenvalue weighted by Crippen LogP contribution is 2.36. The van der Waals surface area contributed by atoms with E-state index in [-0.39, 0.29) is 5.41 Å². The molecule has 1 atom stereocenters. The average Bonchev–Trinajstić information content (AvgIpc) is 2.72. The van der Waals surface area contributed by atoms with Crippen molar-refractivity contribution in [1.82, 2.24) is 0 Å². The summed E-state index contributed by atoms with van der Waals surface area (Å²) < 4.78 is 11.4. The lowest BCUT2D eigenvalue weighted by Crippen LogP contribution is -2.21. The van der Waals surface area contributed by atoms with Crippen molar-refractivity contribution in [3.63, 3.8) is 0 Å². The lowest BCUT2D eigenvalue weighted by Gasteiger charge is -2.27. The summed E-state index contributed by atoms with van der Waals surface area (Å²) in [5.41, 5.74) is 2.03. The quantitative estimate of drug-likeness (QED) is 0.306. The van der Waals surface area contributed by atoms with Gasteiger partial charge in [-0.25, -0.2) is 0 Å². The van der Waals surface area contributed by atoms with E-state index in [1.54, 1.807) is 11.8 Å². The predicted octanol–water partition coefficient (Wildman–Crippen LogP) is 6.17. The van der Waals surface area contributed by atoms with Crippen LogP contribution < -0.4 is 9.47 Å². The fourth-order valence-corrected chi connectivity index (χ4v) is 3.82. The molecule has 0 amide bonds. The molecule has 0 spiro atoms. The molecule has 0 radical (unpaired) electrons. The van der Waals surface area contributed by atoms with Gasteiger partial charge in [-0.3, -0.25) is 0 Å². The second kappa shape index (κ2) is 11.9. The van der Waals surface area contributed by atoms with Crippen LogP contribution in [0.25, 0.3) is 0 Å². The molecule has 0 heterocycles. The van der Waals surface area contributed by atoms with Gasteiger partial charge in [-0.15, -0.1) is 11.6 Å². The van der Waals surface area contributed by atoms with Crippen molar-refractivity contribution in [2.45, 2.75) is 38.7 Å². The van der Waals surface area contributed by atoms with Gasteiger partial charge in [0, 0.05) is 17.0 Å². The van der Waals surface area contributed by atoms with Crippen LogP contribution in [0.2, 0.25) is 5.02 Å². The van der Waals surface area contributed by atoms with Crippen molar-refractivity contribution in [3.8, 4) is 11.5 Å². The average molecular weight is 457 g/mol. The second-order valence-corrected chi connectivity index (χ2v) is 9.41. The molecule has 0 saturated heterocycles. The molecule has 0 aliphatic rings. The van der Waals surface area contributed by atoms with Gasteiger partial charge in [0.15, 0.2) is 0 Å². The molecule has 0 aliphatic carbocycles. The first-order chi connectivity index (χ1) is 13.9. The van der Waals surface area contributed by atoms with Crippen LogP contribution in [0.4, 0.5) is 0 Å². The van der Waals surface area contributed by atoms with Gasteiger partial charge in [0.2, 0.25) is 0 Å². The van der Waals surface area contributed by atoms with E-state index in [2.05, 4.69) is 32.9 Å². The Balaban J connectivity index is 2.04. The van der Waals surface area contributed by atoms with Crippen molar-refractivity contribution in [3.05, 3.63) is 58.6 Å². The molecule has 2 aromatic carbocycles. The summed E-state index contributed by atoms with van der Waals surface area (Å²) in [7, 11) is 0. The largest absolute Gasteiger partial charge is 0.492 e. The molecule has 0 saturated carbocycles. The first-order valence-electron chi connectivity index (χ1n) is 9.86. The Bertz CT molecular complexity index is 750. The minimum atomic E-state index is -0.455. The molecule has 1 unspecified atom stereocenters. The van der Waals surface area contributed by atoms with E-state index < -0.39 is 6.10 Å². The summed E-state index contributed by atoms with van der Waals surface area (Å²) in [6.45, 7) is 7.26. The van der Waals surface area contributed by atoms with Crippen molar-refractivity contribution in [1.29, 1.82) is 0 Å². The minimum Gasteiger partial charge on any atom is -0.492 e. The van der Waals surface area contributed by atoms with E-state index >= 15 is 0 Å². The molecule has 29 heavy (non-hydrogen) atoms. The van der Waals surface area contributed by atoms with Gasteiger partial charge in [-0.2, -0.15) is 11.8 Å². The fourth-order valence-electron chi connectivity index (χ4n) is 2.87. The Morgan fingerprint density at radius 1 is 1.07 bits per heavy atom. The Hall–Kier alpha value is -1.07. The highest BCUT2D eigenvalue weighted by atomic mass is 35.5. The maximum atomic E-state index is 9.92. The van der Waals surface area contributed by atoms with Crippen molar-refractivity contribution >= 4 is 35.0 Å². The van der Waals surface area contributed by atoms with E-state index in [1.807, 2.05) is 30.3 Å². The molecule has 0 fully saturated rings. The number of hydrogen-bond donors (Lipinski definition) is 1. The van der Waals surface area contributed by atoms with Crippen LogP contribution in [0.1, 0.15) is 38.3 Å². The molecule has 2 aromatic rings. The first-order valence-corrected chi connectivity index (χ1v) is 11.9. The molecule has 160 valence electrons. The number of alkyl halides is 1. The number of halogens is 2. The molecular weight excluding hydrogens is 427 g/mol. The molecule has 6 heteroatoms. The van der Waals surface area contributed by atoms with Crippen molar-refractivity contribution in [2.75, 3.05) is 30.6 Å². The van der Waals surface area contributed by atoms with Crippen LogP contribution in [0.5, 0.6) is 11.5 Å². The standard InChI is InChI=1S/C23H30Cl2O3S/c1-4-29-16-19(26)15-28-20-9-6-17(7-10-20)23(2,3)18-8-11-22(21(25)14-18)27-13-5-12-24/h6-11,14,19,26H,4-5,12-13,15-16H2,1-3H3. The number of ether oxygens (including phenoxy) is 2. The molecule has 1 N–H and O–H groups in total. The molecule has 0 bridgehead atoms. The highest BCUT2D eigenvalue weighted by Gasteiger charge is 2.24. The zero-order valence-electron chi connectivity index (χ0n) is 17.3. The van der Waals surface area contributed by atoms with Gasteiger partial charge in [0.05, 0.1) is 17.7 Å². The van der Waals surface area contributed by atoms with Gasteiger partial charge in [-0.05, 0) is 47.6 Å². The number of benzene rings is 2. The molecular formula is C23H30Cl2O3S. The smallest absolute Gasteiger partial charge is 0.137 e. The maximum absolute atomic E-state index is 9.92. The van der Waals surface area contributed by atoms with Crippen LogP contribution in [0, 0.1) is 0 Å². The first kappa shape index (κ1) is 24.2. The Kier molecular flexibility index (Phi) is 9.97. The molecule has 2 rings (SSSR count). The third-order valence-electron chi connectivity index (χ3n) is 4.72. The number of aliphatic hydroxyl groups excluding tert-OH is 1. The van der Waals surface area contributed by atoms with Crippen LogP contribution in [0.15, 0.2) is 42.5 Å². The summed E-state index contributed by atoms with van der Waals surface area (Å²) in [5.74, 6) is 3.68. The minimum absolute atomic E-state index is 0.228. The number of rotatable bonds is 12. The third kappa shape index (κ3) is 7.29. The van der Waals surface area contributed by atoms with E-state index in [0.717, 1.165) is 29.1 Å². The Morgan fingerprint density at radius 3 is 2.38 bits per heavy atom. The third-order valence-corrected chi connectivity index (χ3v) is 6.31. The van der Waals surface area contributed by atoms with Gasteiger partial charge in [-0.1, -0.05) is 50.6 Å². The van der Waals surface area contributed by atoms with Gasteiger partial charge in [0.25, 0.3) is 0 Å². The lowest BCUT2D eigenvalue weighted by molar-refractivity contribution is 0.126. The topological polar surface area (TPSA) is 38.7 Å². The zero-order valence-corrected chi connectivity index (χ0v) is 19.6. The number of hydrogen-bond acceptors (Lipinski definition) is 4. The van der Waals surface area contributed by atoms with Crippen LogP contribution in [-0.4, -0.2) is 41.8 Å². The normalized spacial score (nSPS) is 12.6. The van der Waals surface area contributed by atoms with Crippen LogP contribution in [0.3, 0.4) is 0 Å². The van der Waals surface area contributed by atoms with E-state index in [1.165, 1.54) is 0 Å². The van der Waals surface area contributed by atoms with Gasteiger partial charge < -0.3 is 14.6 Å². The van der Waals surface area contributed by atoms with E-state index in [9.17, 15) is 5.11 Å². The van der Waals surface area contributed by atoms with Crippen molar-refractivity contribution in [2.24, 2.45) is 0 Å². The van der Waals surface area contributed by atoms with E-state index in [0.29, 0.717) is 35.6 Å². The van der Waals surface area contributed by atoms with Crippen molar-refractivity contribution < 1.29 is 14.6 Å². The highest BCUT2D eigenvalue weighted by molar-refractivity contribution is 7.99. The summed E-state index contributed by atoms with van der Waals surface area (Å²) in [6.07, 6.45) is 0.331. The summed E-state index contributed by atoms with van der Waals surface area (Å²) in [4.78, 5) is 0. The molecule has 0 aromatic heterocycles. The monoisotopic (exact) mass is 456 g/mol. The van der Waals surface area contributed by atoms with E-state index in [4.69, 9.17) is 32.7 Å². The lowest BCUT2D eigenvalue weighted by atomic mass is 9.78. The summed E-state index contributed by atoms with van der Waals surface area (Å²) >= 11 is 13.8. The molecule has 3 nitrogen and oxygen atoms in total. The summed E-state index contributed by atoms with van der Waals surface area (Å²) in [5, 5.41) is 10.5. The predicted molar refractivity (Wildman–Crippen MR) is 125 cm³/mol. The fraction of sp³-hybridized carbons (Fsp3) is 0.478.